The number of nitrogens with zero attached hydrogens (tertiary/aromatic N) is 1. The van der Waals surface area contributed by atoms with Crippen LogP contribution in [0.3, 0.4) is 0 Å². The number of hydrogen-bond acceptors (Lipinski definition) is 7. The quantitative estimate of drug-likeness (QED) is 0.212. The summed E-state index contributed by atoms with van der Waals surface area (Å²) in [6.45, 7) is 0.138. The number of nitrogens with one attached hydrogen (secondary N) is 1. The SMILES string of the molecule is CO/N=C\C=C/C(=O)NC/C=C/[C@@H]1OC(=O)c2c(O)cccc2C=CC=CC=C[C@@H]1O. The first-order valence-corrected chi connectivity index (χ1v) is 9.43. The van der Waals surface area contributed by atoms with Crippen LogP contribution in [-0.2, 0) is 14.4 Å². The maximum atomic E-state index is 12.7. The molecule has 0 saturated carbocycles. The number of fused-ring (bicyclic) bond motifs is 1. The summed E-state index contributed by atoms with van der Waals surface area (Å²) in [7, 11) is 1.39. The highest BCUT2D eigenvalue weighted by molar-refractivity contribution is 5.96. The molecule has 31 heavy (non-hydrogen) atoms. The van der Waals surface area contributed by atoms with E-state index in [9.17, 15) is 19.8 Å². The number of oxime groups is 1. The van der Waals surface area contributed by atoms with E-state index in [-0.39, 0.29) is 23.8 Å². The lowest BCUT2D eigenvalue weighted by Crippen LogP contribution is -2.29. The van der Waals surface area contributed by atoms with Gasteiger partial charge in [0.25, 0.3) is 0 Å². The third-order valence-corrected chi connectivity index (χ3v) is 4.00. The molecule has 1 aliphatic heterocycles. The molecule has 8 heteroatoms. The molecule has 1 aliphatic rings. The second-order valence-electron chi connectivity index (χ2n) is 6.20. The minimum atomic E-state index is -1.14. The number of aliphatic hydroxyl groups excluding tert-OH is 1. The van der Waals surface area contributed by atoms with Crippen LogP contribution >= 0.6 is 0 Å². The van der Waals surface area contributed by atoms with Gasteiger partial charge in [0.15, 0.2) is 0 Å². The maximum absolute atomic E-state index is 12.7. The molecule has 1 heterocycles. The van der Waals surface area contributed by atoms with Gasteiger partial charge in [0, 0.05) is 12.6 Å². The lowest BCUT2D eigenvalue weighted by molar-refractivity contribution is -0.116. The average molecular weight is 424 g/mol. The van der Waals surface area contributed by atoms with E-state index >= 15 is 0 Å². The molecule has 2 rings (SSSR count). The van der Waals surface area contributed by atoms with Crippen LogP contribution in [0.25, 0.3) is 6.08 Å². The van der Waals surface area contributed by atoms with Crippen LogP contribution < -0.4 is 5.32 Å². The number of aliphatic hydroxyl groups is 1. The van der Waals surface area contributed by atoms with Crippen molar-refractivity contribution in [3.63, 3.8) is 0 Å². The van der Waals surface area contributed by atoms with Gasteiger partial charge in [0.2, 0.25) is 5.91 Å². The topological polar surface area (TPSA) is 117 Å². The second kappa shape index (κ2) is 12.6. The van der Waals surface area contributed by atoms with Gasteiger partial charge in [-0.25, -0.2) is 4.79 Å². The molecule has 0 aliphatic carbocycles. The van der Waals surface area contributed by atoms with Crippen LogP contribution in [0.5, 0.6) is 5.75 Å². The number of rotatable bonds is 6. The molecule has 0 radical (unpaired) electrons. The fourth-order valence-corrected chi connectivity index (χ4v) is 2.55. The van der Waals surface area contributed by atoms with Crippen molar-refractivity contribution in [1.82, 2.24) is 5.32 Å². The highest BCUT2D eigenvalue weighted by Gasteiger charge is 2.23. The van der Waals surface area contributed by atoms with Crippen LogP contribution in [-0.4, -0.2) is 54.2 Å². The summed E-state index contributed by atoms with van der Waals surface area (Å²) >= 11 is 0. The number of benzene rings is 1. The fraction of sp³-hybridized carbons (Fsp3) is 0.174. The van der Waals surface area contributed by atoms with E-state index in [2.05, 4.69) is 15.3 Å². The lowest BCUT2D eigenvalue weighted by Gasteiger charge is -2.19. The van der Waals surface area contributed by atoms with Gasteiger partial charge in [-0.05, 0) is 23.8 Å². The van der Waals surface area contributed by atoms with Crippen molar-refractivity contribution in [2.24, 2.45) is 5.16 Å². The predicted octanol–water partition coefficient (Wildman–Crippen LogP) is 2.28. The lowest BCUT2D eigenvalue weighted by atomic mass is 10.0. The predicted molar refractivity (Wildman–Crippen MR) is 117 cm³/mol. The smallest absolute Gasteiger partial charge is 0.343 e. The van der Waals surface area contributed by atoms with Gasteiger partial charge in [-0.1, -0.05) is 59.8 Å². The molecule has 3 N–H and O–H groups in total. The molecule has 162 valence electrons. The Morgan fingerprint density at radius 2 is 2.10 bits per heavy atom. The fourth-order valence-electron chi connectivity index (χ4n) is 2.55. The average Bonchev–Trinajstić information content (AvgIpc) is 2.74. The normalized spacial score (nSPS) is 19.2. The molecule has 0 bridgehead atoms. The molecule has 0 saturated heterocycles. The van der Waals surface area contributed by atoms with Gasteiger partial charge in [-0.2, -0.15) is 0 Å². The Morgan fingerprint density at radius 3 is 2.90 bits per heavy atom. The van der Waals surface area contributed by atoms with Gasteiger partial charge < -0.3 is 25.1 Å². The summed E-state index contributed by atoms with van der Waals surface area (Å²) in [4.78, 5) is 28.9. The number of allylic oxidation sites excluding steroid dienone is 5. The zero-order valence-corrected chi connectivity index (χ0v) is 16.9. The maximum Gasteiger partial charge on any atom is 0.343 e. The number of carbonyl (C=O) groups excluding carboxylic acids is 2. The van der Waals surface area contributed by atoms with Crippen LogP contribution in [0.4, 0.5) is 0 Å². The number of esters is 1. The first kappa shape index (κ1) is 23.4. The van der Waals surface area contributed by atoms with Crippen molar-refractivity contribution in [3.8, 4) is 5.75 Å². The molecule has 0 unspecified atom stereocenters. The highest BCUT2D eigenvalue weighted by Crippen LogP contribution is 2.24. The summed E-state index contributed by atoms with van der Waals surface area (Å²) in [5, 5.41) is 26.6. The Kier molecular flexibility index (Phi) is 9.51. The molecular weight excluding hydrogens is 400 g/mol. The molecule has 0 spiro atoms. The molecule has 2 atom stereocenters. The number of hydrogen-bond donors (Lipinski definition) is 3. The van der Waals surface area contributed by atoms with Gasteiger partial charge in [0.1, 0.15) is 30.6 Å². The molecular formula is C23H24N2O6. The van der Waals surface area contributed by atoms with E-state index in [1.807, 2.05) is 0 Å². The zero-order chi connectivity index (χ0) is 22.5. The zero-order valence-electron chi connectivity index (χ0n) is 16.9. The summed E-state index contributed by atoms with van der Waals surface area (Å²) in [6, 6.07) is 4.67. The van der Waals surface area contributed by atoms with Gasteiger partial charge in [-0.3, -0.25) is 4.79 Å². The van der Waals surface area contributed by atoms with Crippen molar-refractivity contribution < 1.29 is 29.4 Å². The van der Waals surface area contributed by atoms with E-state index in [0.717, 1.165) is 0 Å². The van der Waals surface area contributed by atoms with Crippen molar-refractivity contribution in [2.75, 3.05) is 13.7 Å². The van der Waals surface area contributed by atoms with E-state index < -0.39 is 18.2 Å². The Labute approximate surface area is 180 Å². The highest BCUT2D eigenvalue weighted by atomic mass is 16.6. The third kappa shape index (κ3) is 7.79. The molecule has 0 fully saturated rings. The largest absolute Gasteiger partial charge is 0.507 e. The minimum absolute atomic E-state index is 0.00142. The van der Waals surface area contributed by atoms with E-state index in [1.54, 1.807) is 48.6 Å². The van der Waals surface area contributed by atoms with E-state index in [4.69, 9.17) is 4.74 Å². The number of phenols is 1. The van der Waals surface area contributed by atoms with Crippen molar-refractivity contribution in [2.45, 2.75) is 12.2 Å². The van der Waals surface area contributed by atoms with Gasteiger partial charge in [0.05, 0.1) is 6.21 Å². The molecule has 1 aromatic carbocycles. The van der Waals surface area contributed by atoms with Crippen LogP contribution in [0, 0.1) is 0 Å². The monoisotopic (exact) mass is 424 g/mol. The summed E-state index contributed by atoms with van der Waals surface area (Å²) < 4.78 is 5.44. The van der Waals surface area contributed by atoms with Crippen molar-refractivity contribution in [1.29, 1.82) is 0 Å². The van der Waals surface area contributed by atoms with E-state index in [0.29, 0.717) is 5.56 Å². The van der Waals surface area contributed by atoms with Crippen molar-refractivity contribution >= 4 is 24.2 Å². The Morgan fingerprint density at radius 1 is 1.29 bits per heavy atom. The number of aromatic hydroxyl groups is 1. The molecule has 1 aromatic rings. The van der Waals surface area contributed by atoms with Crippen LogP contribution in [0.2, 0.25) is 0 Å². The first-order chi connectivity index (χ1) is 15.0. The van der Waals surface area contributed by atoms with Crippen molar-refractivity contribution in [3.05, 3.63) is 84.0 Å². The summed E-state index contributed by atoms with van der Waals surface area (Å²) in [6.07, 6.45) is 14.8. The van der Waals surface area contributed by atoms with Crippen LogP contribution in [0.15, 0.2) is 78.0 Å². The molecule has 8 nitrogen and oxygen atoms in total. The Bertz CT molecular complexity index is 943. The number of ether oxygens (including phenoxy) is 1. The van der Waals surface area contributed by atoms with Gasteiger partial charge in [-0.15, -0.1) is 0 Å². The molecule has 1 amide bonds. The number of carbonyl (C=O) groups is 2. The standard InChI is InChI=1S/C23H24N2O6/c1-30-25-16-8-14-21(28)24-15-7-13-20-18(26)11-5-3-2-4-9-17-10-6-12-19(27)22(17)23(29)31-20/h2-14,16,18,20,26-27H,15H2,1H3,(H,24,28)/b3-2?,9-4?,11-5?,13-7+,14-8-,25-16-/t18-,20-/m0/s1. The Hall–Kier alpha value is -3.91. The second-order valence-corrected chi connectivity index (χ2v) is 6.20. The van der Waals surface area contributed by atoms with Gasteiger partial charge >= 0.3 is 5.97 Å². The van der Waals surface area contributed by atoms with Crippen LogP contribution in [0.1, 0.15) is 15.9 Å². The minimum Gasteiger partial charge on any atom is -0.507 e. The first-order valence-electron chi connectivity index (χ1n) is 9.43. The van der Waals surface area contributed by atoms with E-state index in [1.165, 1.54) is 43.7 Å². The number of cyclic esters (lactones) is 1. The number of phenolic OH excluding ortho intramolecular Hbond substituents is 1. The number of amides is 1. The molecule has 0 aromatic heterocycles. The summed E-state index contributed by atoms with van der Waals surface area (Å²) in [5.41, 5.74) is 0.478. The Balaban J connectivity index is 2.13. The summed E-state index contributed by atoms with van der Waals surface area (Å²) in [5.74, 6) is -1.37. The third-order valence-electron chi connectivity index (χ3n) is 4.00.